The average molecular weight is 243 g/mol. The maximum atomic E-state index is 12.0. The molecular formula is C4Cl2F4O3. The van der Waals surface area contributed by atoms with E-state index in [0.29, 0.717) is 0 Å². The van der Waals surface area contributed by atoms with Gasteiger partial charge in [-0.2, -0.15) is 17.6 Å². The Morgan fingerprint density at radius 3 is 1.31 bits per heavy atom. The number of carbonyl (C=O) groups is 2. The third-order valence-corrected chi connectivity index (χ3v) is 1.15. The maximum absolute atomic E-state index is 12.0. The highest BCUT2D eigenvalue weighted by atomic mass is 35.5. The summed E-state index contributed by atoms with van der Waals surface area (Å²) in [5.41, 5.74) is 0. The molecule has 0 fully saturated rings. The second-order valence-corrected chi connectivity index (χ2v) is 2.37. The molecule has 13 heavy (non-hydrogen) atoms. The summed E-state index contributed by atoms with van der Waals surface area (Å²) >= 11 is 8.36. The topological polar surface area (TPSA) is 43.4 Å². The van der Waals surface area contributed by atoms with Crippen LogP contribution in [-0.2, 0) is 14.3 Å². The molecule has 0 bridgehead atoms. The second-order valence-electron chi connectivity index (χ2n) is 1.68. The Morgan fingerprint density at radius 2 is 1.15 bits per heavy atom. The van der Waals surface area contributed by atoms with Gasteiger partial charge in [-0.3, -0.25) is 9.59 Å². The molecule has 0 atom stereocenters. The molecule has 0 rings (SSSR count). The van der Waals surface area contributed by atoms with Gasteiger partial charge in [0.25, 0.3) is 0 Å². The molecule has 76 valence electrons. The van der Waals surface area contributed by atoms with Crippen LogP contribution in [0.2, 0.25) is 0 Å². The zero-order chi connectivity index (χ0) is 10.9. The molecule has 0 aliphatic carbocycles. The zero-order valence-corrected chi connectivity index (χ0v) is 7.00. The third kappa shape index (κ3) is 3.45. The Labute approximate surface area is 78.5 Å². The lowest BCUT2D eigenvalue weighted by Gasteiger charge is -2.17. The first kappa shape index (κ1) is 12.6. The molecule has 3 nitrogen and oxygen atoms in total. The number of alkyl halides is 4. The molecule has 0 saturated heterocycles. The molecule has 0 aliphatic rings. The summed E-state index contributed by atoms with van der Waals surface area (Å²) in [4.78, 5) is 19.5. The van der Waals surface area contributed by atoms with Crippen molar-refractivity contribution in [2.24, 2.45) is 0 Å². The van der Waals surface area contributed by atoms with Crippen LogP contribution in [-0.4, -0.2) is 22.7 Å². The van der Waals surface area contributed by atoms with Crippen molar-refractivity contribution in [2.75, 3.05) is 0 Å². The Hall–Kier alpha value is -0.400. The number of hydrogen-bond acceptors (Lipinski definition) is 3. The van der Waals surface area contributed by atoms with Crippen LogP contribution in [0.25, 0.3) is 0 Å². The predicted octanol–water partition coefficient (Wildman–Crippen LogP) is 1.72. The van der Waals surface area contributed by atoms with E-state index in [2.05, 4.69) is 27.9 Å². The quantitative estimate of drug-likeness (QED) is 0.557. The van der Waals surface area contributed by atoms with Gasteiger partial charge < -0.3 is 0 Å². The predicted molar refractivity (Wildman–Crippen MR) is 32.7 cm³/mol. The lowest BCUT2D eigenvalue weighted by atomic mass is 10.6. The first-order chi connectivity index (χ1) is 5.59. The maximum Gasteiger partial charge on any atom is 0.436 e. The van der Waals surface area contributed by atoms with Crippen LogP contribution in [0.1, 0.15) is 0 Å². The first-order valence-corrected chi connectivity index (χ1v) is 3.21. The van der Waals surface area contributed by atoms with E-state index in [4.69, 9.17) is 0 Å². The molecule has 0 N–H and O–H groups in total. The van der Waals surface area contributed by atoms with Gasteiger partial charge in [0.05, 0.1) is 0 Å². The van der Waals surface area contributed by atoms with E-state index in [1.54, 1.807) is 0 Å². The summed E-state index contributed by atoms with van der Waals surface area (Å²) in [6, 6.07) is 0. The molecular weight excluding hydrogens is 243 g/mol. The zero-order valence-electron chi connectivity index (χ0n) is 5.49. The van der Waals surface area contributed by atoms with Crippen molar-refractivity contribution in [1.29, 1.82) is 0 Å². The molecule has 0 amide bonds. The second kappa shape index (κ2) is 3.77. The molecule has 0 aromatic heterocycles. The third-order valence-electron chi connectivity index (χ3n) is 0.714. The van der Waals surface area contributed by atoms with Crippen molar-refractivity contribution in [3.05, 3.63) is 0 Å². The van der Waals surface area contributed by atoms with Gasteiger partial charge in [0.15, 0.2) is 0 Å². The number of ether oxygens (including phenoxy) is 1. The number of halogens is 6. The largest absolute Gasteiger partial charge is 0.436 e. The summed E-state index contributed by atoms with van der Waals surface area (Å²) < 4.78 is 50.5. The molecule has 0 saturated carbocycles. The van der Waals surface area contributed by atoms with Gasteiger partial charge in [-0.15, -0.1) is 0 Å². The smallest absolute Gasteiger partial charge is 0.271 e. The highest BCUT2D eigenvalue weighted by Crippen LogP contribution is 2.30. The Morgan fingerprint density at radius 1 is 0.923 bits per heavy atom. The molecule has 0 aliphatic heterocycles. The Balaban J connectivity index is 4.61. The monoisotopic (exact) mass is 242 g/mol. The molecule has 0 spiro atoms. The van der Waals surface area contributed by atoms with Gasteiger partial charge in [0.2, 0.25) is 0 Å². The standard InChI is InChI=1S/C4Cl2F4O3/c5-1(11)3(7,8)13-4(9,10)2(6)12. The summed E-state index contributed by atoms with van der Waals surface area (Å²) in [6.07, 6.45) is -9.93. The van der Waals surface area contributed by atoms with E-state index in [1.165, 1.54) is 0 Å². The minimum absolute atomic E-state index is 2.48. The van der Waals surface area contributed by atoms with Gasteiger partial charge in [0.1, 0.15) is 0 Å². The lowest BCUT2D eigenvalue weighted by molar-refractivity contribution is -0.334. The number of hydrogen-bond donors (Lipinski definition) is 0. The number of carbonyl (C=O) groups excluding carboxylic acids is 2. The van der Waals surface area contributed by atoms with Crippen LogP contribution in [0.3, 0.4) is 0 Å². The molecule has 0 radical (unpaired) electrons. The molecule has 0 aromatic carbocycles. The summed E-state index contributed by atoms with van der Waals surface area (Å²) in [5.74, 6) is 0. The van der Waals surface area contributed by atoms with Crippen molar-refractivity contribution >= 4 is 33.7 Å². The highest BCUT2D eigenvalue weighted by molar-refractivity contribution is 6.65. The van der Waals surface area contributed by atoms with Gasteiger partial charge in [-0.1, -0.05) is 0 Å². The van der Waals surface area contributed by atoms with Gasteiger partial charge >= 0.3 is 22.7 Å². The van der Waals surface area contributed by atoms with Crippen LogP contribution < -0.4 is 0 Å². The van der Waals surface area contributed by atoms with Crippen LogP contribution in [0.15, 0.2) is 0 Å². The van der Waals surface area contributed by atoms with E-state index < -0.39 is 22.7 Å². The van der Waals surface area contributed by atoms with E-state index in [9.17, 15) is 27.2 Å². The molecule has 9 heteroatoms. The highest BCUT2D eigenvalue weighted by Gasteiger charge is 2.53. The van der Waals surface area contributed by atoms with Gasteiger partial charge in [-0.25, -0.2) is 4.74 Å². The minimum atomic E-state index is -4.96. The van der Waals surface area contributed by atoms with Crippen molar-refractivity contribution in [1.82, 2.24) is 0 Å². The summed E-state index contributed by atoms with van der Waals surface area (Å²) in [6.45, 7) is 0. The van der Waals surface area contributed by atoms with E-state index >= 15 is 0 Å². The van der Waals surface area contributed by atoms with Crippen molar-refractivity contribution in [3.63, 3.8) is 0 Å². The summed E-state index contributed by atoms with van der Waals surface area (Å²) in [5, 5.41) is -4.96. The van der Waals surface area contributed by atoms with Crippen molar-refractivity contribution < 1.29 is 31.9 Å². The Bertz CT molecular complexity index is 218. The average Bonchev–Trinajstić information content (AvgIpc) is 1.83. The van der Waals surface area contributed by atoms with E-state index in [-0.39, 0.29) is 0 Å². The fourth-order valence-corrected chi connectivity index (χ4v) is 0.318. The molecule has 0 aromatic rings. The lowest BCUT2D eigenvalue weighted by Crippen LogP contribution is -2.40. The van der Waals surface area contributed by atoms with Crippen LogP contribution in [0.5, 0.6) is 0 Å². The molecule has 0 heterocycles. The normalized spacial score (nSPS) is 12.8. The fourth-order valence-electron chi connectivity index (χ4n) is 0.241. The van der Waals surface area contributed by atoms with Gasteiger partial charge in [0, 0.05) is 0 Å². The first-order valence-electron chi connectivity index (χ1n) is 2.45. The number of rotatable bonds is 4. The molecule has 0 unspecified atom stereocenters. The van der Waals surface area contributed by atoms with E-state index in [1.807, 2.05) is 0 Å². The minimum Gasteiger partial charge on any atom is -0.271 e. The van der Waals surface area contributed by atoms with Crippen LogP contribution in [0.4, 0.5) is 17.6 Å². The van der Waals surface area contributed by atoms with Crippen molar-refractivity contribution in [3.8, 4) is 0 Å². The van der Waals surface area contributed by atoms with Gasteiger partial charge in [-0.05, 0) is 23.2 Å². The fraction of sp³-hybridized carbons (Fsp3) is 0.500. The van der Waals surface area contributed by atoms with Crippen molar-refractivity contribution in [2.45, 2.75) is 12.2 Å². The Kier molecular flexibility index (Phi) is 3.65. The van der Waals surface area contributed by atoms with Crippen LogP contribution >= 0.6 is 23.2 Å². The summed E-state index contributed by atoms with van der Waals surface area (Å²) in [7, 11) is 0. The SMILES string of the molecule is O=C(Cl)C(F)(F)OC(F)(F)C(=O)Cl. The van der Waals surface area contributed by atoms with E-state index in [0.717, 1.165) is 0 Å². The van der Waals surface area contributed by atoms with Crippen LogP contribution in [0, 0.1) is 0 Å².